The van der Waals surface area contributed by atoms with Gasteiger partial charge >= 0.3 is 0 Å². The molecule has 0 aromatic rings. The molecule has 3 unspecified atom stereocenters. The van der Waals surface area contributed by atoms with Gasteiger partial charge in [0, 0.05) is 5.92 Å². The lowest BCUT2D eigenvalue weighted by Crippen LogP contribution is -2.35. The van der Waals surface area contributed by atoms with Crippen molar-refractivity contribution in [1.29, 1.82) is 0 Å². The summed E-state index contributed by atoms with van der Waals surface area (Å²) in [5, 5.41) is 26.4. The topological polar surface area (TPSA) is 77.8 Å². The van der Waals surface area contributed by atoms with Crippen molar-refractivity contribution in [2.45, 2.75) is 26.1 Å². The van der Waals surface area contributed by atoms with Crippen molar-refractivity contribution < 1.29 is 20.1 Å². The fraction of sp³-hybridized carbons (Fsp3) is 0.857. The van der Waals surface area contributed by atoms with Crippen molar-refractivity contribution in [3.05, 3.63) is 0 Å². The van der Waals surface area contributed by atoms with Crippen LogP contribution in [-0.4, -0.2) is 39.9 Å². The molecule has 66 valence electrons. The van der Waals surface area contributed by atoms with E-state index in [0.29, 0.717) is 0 Å². The lowest BCUT2D eigenvalue weighted by atomic mass is 9.96. The normalized spacial score (nSPS) is 19.0. The van der Waals surface area contributed by atoms with E-state index in [1.165, 1.54) is 6.92 Å². The fourth-order valence-electron chi connectivity index (χ4n) is 0.651. The van der Waals surface area contributed by atoms with Gasteiger partial charge in [0.05, 0.1) is 6.10 Å². The number of carbonyl (C=O) groups excluding carboxylic acids is 1. The molecular formula is C7H14O4. The second-order valence-corrected chi connectivity index (χ2v) is 2.67. The van der Waals surface area contributed by atoms with E-state index in [4.69, 9.17) is 15.3 Å². The van der Waals surface area contributed by atoms with E-state index in [1.807, 2.05) is 0 Å². The molecule has 3 atom stereocenters. The van der Waals surface area contributed by atoms with Gasteiger partial charge in [-0.3, -0.25) is 4.79 Å². The molecule has 0 fully saturated rings. The summed E-state index contributed by atoms with van der Waals surface area (Å²) in [4.78, 5) is 10.6. The van der Waals surface area contributed by atoms with Crippen LogP contribution < -0.4 is 0 Å². The van der Waals surface area contributed by atoms with Crippen LogP contribution in [0.5, 0.6) is 0 Å². The first-order valence-corrected chi connectivity index (χ1v) is 3.50. The number of carbonyl (C=O) groups is 1. The van der Waals surface area contributed by atoms with Crippen molar-refractivity contribution in [3.63, 3.8) is 0 Å². The summed E-state index contributed by atoms with van der Waals surface area (Å²) in [6.07, 6.45) is -2.01. The smallest absolute Gasteiger partial charge is 0.186 e. The molecule has 0 aliphatic carbocycles. The highest BCUT2D eigenvalue weighted by atomic mass is 16.3. The third-order valence-electron chi connectivity index (χ3n) is 1.74. The summed E-state index contributed by atoms with van der Waals surface area (Å²) in [7, 11) is 0. The van der Waals surface area contributed by atoms with E-state index in [-0.39, 0.29) is 0 Å². The van der Waals surface area contributed by atoms with E-state index in [1.54, 1.807) is 6.92 Å². The molecule has 3 N–H and O–H groups in total. The summed E-state index contributed by atoms with van der Waals surface area (Å²) in [5.74, 6) is -1.19. The lowest BCUT2D eigenvalue weighted by molar-refractivity contribution is -0.134. The molecule has 0 spiro atoms. The van der Waals surface area contributed by atoms with Gasteiger partial charge in [0.1, 0.15) is 12.7 Å². The minimum atomic E-state index is -1.26. The summed E-state index contributed by atoms with van der Waals surface area (Å²) in [6.45, 7) is 2.35. The van der Waals surface area contributed by atoms with E-state index >= 15 is 0 Å². The number of aliphatic hydroxyl groups is 3. The van der Waals surface area contributed by atoms with Gasteiger partial charge in [-0.05, 0) is 6.92 Å². The van der Waals surface area contributed by atoms with E-state index in [9.17, 15) is 4.79 Å². The molecule has 0 rings (SSSR count). The minimum absolute atomic E-state index is 0.533. The number of hydrogen-bond donors (Lipinski definition) is 3. The summed E-state index contributed by atoms with van der Waals surface area (Å²) in [6, 6.07) is 0. The molecule has 0 aliphatic heterocycles. The Kier molecular flexibility index (Phi) is 4.25. The number of Topliss-reactive ketones (excluding diaryl/α,β-unsaturated/α-hetero) is 1. The highest BCUT2D eigenvalue weighted by Gasteiger charge is 2.24. The first kappa shape index (κ1) is 10.6. The van der Waals surface area contributed by atoms with Crippen LogP contribution in [0, 0.1) is 5.92 Å². The zero-order valence-corrected chi connectivity index (χ0v) is 6.69. The Hall–Kier alpha value is -0.450. The summed E-state index contributed by atoms with van der Waals surface area (Å²) < 4.78 is 0. The molecule has 4 nitrogen and oxygen atoms in total. The van der Waals surface area contributed by atoms with E-state index < -0.39 is 30.5 Å². The molecule has 0 bridgehead atoms. The van der Waals surface area contributed by atoms with Crippen molar-refractivity contribution in [3.8, 4) is 0 Å². The highest BCUT2D eigenvalue weighted by Crippen LogP contribution is 2.08. The minimum Gasteiger partial charge on any atom is -0.393 e. The van der Waals surface area contributed by atoms with Crippen LogP contribution >= 0.6 is 0 Å². The quantitative estimate of drug-likeness (QED) is 0.491. The number of ketones is 1. The second kappa shape index (κ2) is 4.43. The average Bonchev–Trinajstić information content (AvgIpc) is 2.00. The van der Waals surface area contributed by atoms with Crippen LogP contribution in [0.3, 0.4) is 0 Å². The Morgan fingerprint density at radius 1 is 1.36 bits per heavy atom. The van der Waals surface area contributed by atoms with Crippen LogP contribution in [0.1, 0.15) is 13.8 Å². The number of rotatable bonds is 4. The highest BCUT2D eigenvalue weighted by molar-refractivity contribution is 5.84. The van der Waals surface area contributed by atoms with Gasteiger partial charge in [0.15, 0.2) is 5.78 Å². The second-order valence-electron chi connectivity index (χ2n) is 2.67. The molecule has 0 amide bonds. The van der Waals surface area contributed by atoms with Gasteiger partial charge in [-0.15, -0.1) is 0 Å². The number of aliphatic hydroxyl groups excluding tert-OH is 3. The Morgan fingerprint density at radius 3 is 2.09 bits per heavy atom. The van der Waals surface area contributed by atoms with Crippen molar-refractivity contribution >= 4 is 5.78 Å². The molecule has 0 aromatic heterocycles. The molecule has 0 radical (unpaired) electrons. The maximum absolute atomic E-state index is 10.6. The molecular weight excluding hydrogens is 148 g/mol. The first-order chi connectivity index (χ1) is 5.00. The zero-order valence-electron chi connectivity index (χ0n) is 6.69. The van der Waals surface area contributed by atoms with Crippen LogP contribution in [0.25, 0.3) is 0 Å². The Morgan fingerprint density at radius 2 is 1.82 bits per heavy atom. The first-order valence-electron chi connectivity index (χ1n) is 3.50. The largest absolute Gasteiger partial charge is 0.393 e. The Labute approximate surface area is 65.5 Å². The summed E-state index contributed by atoms with van der Waals surface area (Å²) >= 11 is 0. The van der Waals surface area contributed by atoms with Gasteiger partial charge in [-0.25, -0.2) is 0 Å². The Bertz CT molecular complexity index is 132. The predicted octanol–water partition coefficient (Wildman–Crippen LogP) is -1.07. The van der Waals surface area contributed by atoms with Gasteiger partial charge in [-0.2, -0.15) is 0 Å². The summed E-state index contributed by atoms with van der Waals surface area (Å²) in [5.41, 5.74) is 0. The molecule has 0 saturated carbocycles. The zero-order chi connectivity index (χ0) is 9.02. The van der Waals surface area contributed by atoms with Crippen LogP contribution in [-0.2, 0) is 4.79 Å². The monoisotopic (exact) mass is 162 g/mol. The average molecular weight is 162 g/mol. The molecule has 0 saturated heterocycles. The third kappa shape index (κ3) is 2.96. The molecule has 0 heterocycles. The van der Waals surface area contributed by atoms with Gasteiger partial charge in [0.2, 0.25) is 0 Å². The molecule has 11 heavy (non-hydrogen) atoms. The predicted molar refractivity (Wildman–Crippen MR) is 38.9 cm³/mol. The third-order valence-corrected chi connectivity index (χ3v) is 1.74. The maximum Gasteiger partial charge on any atom is 0.186 e. The van der Waals surface area contributed by atoms with Crippen molar-refractivity contribution in [1.82, 2.24) is 0 Å². The van der Waals surface area contributed by atoms with Gasteiger partial charge < -0.3 is 15.3 Å². The van der Waals surface area contributed by atoms with Crippen LogP contribution in [0.2, 0.25) is 0 Å². The molecule has 0 aromatic carbocycles. The van der Waals surface area contributed by atoms with E-state index in [2.05, 4.69) is 0 Å². The van der Waals surface area contributed by atoms with Gasteiger partial charge in [0.25, 0.3) is 0 Å². The van der Waals surface area contributed by atoms with Crippen molar-refractivity contribution in [2.75, 3.05) is 6.61 Å². The standard InChI is InChI=1S/C7H14O4/c1-4(5(2)9)7(11)6(10)3-8/h4-5,7-9,11H,3H2,1-2H3. The van der Waals surface area contributed by atoms with Crippen LogP contribution in [0.15, 0.2) is 0 Å². The Balaban J connectivity index is 4.01. The SMILES string of the molecule is CC(O)C(C)C(O)C(=O)CO. The van der Waals surface area contributed by atoms with Crippen molar-refractivity contribution in [2.24, 2.45) is 5.92 Å². The molecule has 4 heteroatoms. The lowest BCUT2D eigenvalue weighted by Gasteiger charge is -2.18. The van der Waals surface area contributed by atoms with Crippen LogP contribution in [0.4, 0.5) is 0 Å². The maximum atomic E-state index is 10.6. The number of hydrogen-bond acceptors (Lipinski definition) is 4. The van der Waals surface area contributed by atoms with Gasteiger partial charge in [-0.1, -0.05) is 6.92 Å². The fourth-order valence-corrected chi connectivity index (χ4v) is 0.651. The molecule has 0 aliphatic rings. The van der Waals surface area contributed by atoms with E-state index in [0.717, 1.165) is 0 Å².